The molecule has 0 radical (unpaired) electrons. The summed E-state index contributed by atoms with van der Waals surface area (Å²) in [5.41, 5.74) is 3.24. The fourth-order valence-electron chi connectivity index (χ4n) is 1.25. The minimum absolute atomic E-state index is 0.534. The van der Waals surface area contributed by atoms with Crippen molar-refractivity contribution in [2.24, 2.45) is 4.99 Å². The van der Waals surface area contributed by atoms with Crippen molar-refractivity contribution in [3.63, 3.8) is 0 Å². The van der Waals surface area contributed by atoms with Crippen molar-refractivity contribution in [2.75, 3.05) is 12.4 Å². The van der Waals surface area contributed by atoms with E-state index in [1.165, 1.54) is 5.56 Å². The van der Waals surface area contributed by atoms with Gasteiger partial charge >= 0.3 is 0 Å². The van der Waals surface area contributed by atoms with E-state index in [9.17, 15) is 0 Å². The van der Waals surface area contributed by atoms with E-state index in [4.69, 9.17) is 0 Å². The third-order valence-corrected chi connectivity index (χ3v) is 2.13. The lowest BCUT2D eigenvalue weighted by Crippen LogP contribution is -1.91. The molecule has 1 rings (SSSR count). The van der Waals surface area contributed by atoms with Gasteiger partial charge in [0.25, 0.3) is 0 Å². The minimum Gasteiger partial charge on any atom is -0.386 e. The van der Waals surface area contributed by atoms with Gasteiger partial charge in [0.1, 0.15) is 0 Å². The molecule has 0 aromatic heterocycles. The van der Waals surface area contributed by atoms with Gasteiger partial charge in [0, 0.05) is 7.05 Å². The molecule has 0 aliphatic heterocycles. The Hall–Kier alpha value is -1.31. The van der Waals surface area contributed by atoms with E-state index < -0.39 is 0 Å². The SMILES string of the molecule is C=Nc1cc(C(C)C)ccc1NC. The van der Waals surface area contributed by atoms with Crippen molar-refractivity contribution in [1.82, 2.24) is 0 Å². The van der Waals surface area contributed by atoms with Gasteiger partial charge in [-0.3, -0.25) is 4.99 Å². The van der Waals surface area contributed by atoms with Gasteiger partial charge in [-0.05, 0) is 30.3 Å². The number of aliphatic imine (C=N–C) groups is 1. The predicted octanol–water partition coefficient (Wildman–Crippen LogP) is 3.18. The third kappa shape index (κ3) is 2.08. The summed E-state index contributed by atoms with van der Waals surface area (Å²) in [6.07, 6.45) is 0. The molecule has 0 atom stereocenters. The van der Waals surface area contributed by atoms with Crippen LogP contribution in [-0.2, 0) is 0 Å². The Morgan fingerprint density at radius 3 is 2.54 bits per heavy atom. The number of hydrogen-bond donors (Lipinski definition) is 1. The first-order chi connectivity index (χ1) is 6.19. The number of hydrogen-bond acceptors (Lipinski definition) is 2. The van der Waals surface area contributed by atoms with Crippen LogP contribution in [0.15, 0.2) is 23.2 Å². The molecule has 13 heavy (non-hydrogen) atoms. The largest absolute Gasteiger partial charge is 0.386 e. The molecule has 0 amide bonds. The van der Waals surface area contributed by atoms with Gasteiger partial charge in [0.05, 0.1) is 11.4 Å². The fourth-order valence-corrected chi connectivity index (χ4v) is 1.25. The van der Waals surface area contributed by atoms with E-state index in [0.29, 0.717) is 5.92 Å². The zero-order valence-corrected chi connectivity index (χ0v) is 8.46. The molecule has 0 aliphatic rings. The molecule has 2 nitrogen and oxygen atoms in total. The van der Waals surface area contributed by atoms with Gasteiger partial charge in [0.15, 0.2) is 0 Å². The average molecular weight is 176 g/mol. The number of rotatable bonds is 3. The van der Waals surface area contributed by atoms with Crippen molar-refractivity contribution < 1.29 is 0 Å². The fraction of sp³-hybridized carbons (Fsp3) is 0.364. The lowest BCUT2D eigenvalue weighted by molar-refractivity contribution is 0.867. The van der Waals surface area contributed by atoms with Crippen molar-refractivity contribution in [3.8, 4) is 0 Å². The molecule has 70 valence electrons. The molecule has 0 heterocycles. The van der Waals surface area contributed by atoms with E-state index in [1.807, 2.05) is 13.1 Å². The minimum atomic E-state index is 0.534. The summed E-state index contributed by atoms with van der Waals surface area (Å²) in [5.74, 6) is 0.534. The highest BCUT2D eigenvalue weighted by molar-refractivity contribution is 5.68. The second-order valence-corrected chi connectivity index (χ2v) is 3.34. The first-order valence-electron chi connectivity index (χ1n) is 4.47. The van der Waals surface area contributed by atoms with Crippen LogP contribution in [0, 0.1) is 0 Å². The van der Waals surface area contributed by atoms with Gasteiger partial charge in [0.2, 0.25) is 0 Å². The van der Waals surface area contributed by atoms with Crippen LogP contribution in [-0.4, -0.2) is 13.8 Å². The van der Waals surface area contributed by atoms with Crippen molar-refractivity contribution in [1.29, 1.82) is 0 Å². The Kier molecular flexibility index (Phi) is 3.07. The maximum atomic E-state index is 3.97. The maximum Gasteiger partial charge on any atom is 0.0856 e. The lowest BCUT2D eigenvalue weighted by atomic mass is 10.0. The van der Waals surface area contributed by atoms with Crippen LogP contribution in [0.25, 0.3) is 0 Å². The molecular weight excluding hydrogens is 160 g/mol. The topological polar surface area (TPSA) is 24.4 Å². The number of anilines is 1. The molecule has 2 heteroatoms. The van der Waals surface area contributed by atoms with Gasteiger partial charge < -0.3 is 5.32 Å². The van der Waals surface area contributed by atoms with E-state index >= 15 is 0 Å². The van der Waals surface area contributed by atoms with Crippen LogP contribution in [0.1, 0.15) is 25.3 Å². The zero-order chi connectivity index (χ0) is 9.84. The molecule has 0 unspecified atom stereocenters. The summed E-state index contributed by atoms with van der Waals surface area (Å²) in [6, 6.07) is 6.23. The summed E-state index contributed by atoms with van der Waals surface area (Å²) in [6.45, 7) is 7.89. The molecule has 0 spiro atoms. The maximum absolute atomic E-state index is 3.97. The Morgan fingerprint density at radius 1 is 1.38 bits per heavy atom. The Morgan fingerprint density at radius 2 is 2.08 bits per heavy atom. The molecule has 0 aliphatic carbocycles. The summed E-state index contributed by atoms with van der Waals surface area (Å²) in [4.78, 5) is 3.97. The standard InChI is InChI=1S/C11H16N2/c1-8(2)9-5-6-10(12-3)11(7-9)13-4/h5-8,12H,4H2,1-3H3. The van der Waals surface area contributed by atoms with Gasteiger partial charge in [-0.2, -0.15) is 0 Å². The van der Waals surface area contributed by atoms with E-state index in [-0.39, 0.29) is 0 Å². The highest BCUT2D eigenvalue weighted by Gasteiger charge is 2.03. The van der Waals surface area contributed by atoms with Gasteiger partial charge in [-0.15, -0.1) is 0 Å². The lowest BCUT2D eigenvalue weighted by Gasteiger charge is -2.09. The summed E-state index contributed by atoms with van der Waals surface area (Å²) >= 11 is 0. The van der Waals surface area contributed by atoms with Gasteiger partial charge in [-0.25, -0.2) is 0 Å². The molecule has 1 N–H and O–H groups in total. The predicted molar refractivity (Wildman–Crippen MR) is 59.3 cm³/mol. The first kappa shape index (κ1) is 9.78. The highest BCUT2D eigenvalue weighted by atomic mass is 14.9. The number of nitrogens with zero attached hydrogens (tertiary/aromatic N) is 1. The monoisotopic (exact) mass is 176 g/mol. The number of benzene rings is 1. The summed E-state index contributed by atoms with van der Waals surface area (Å²) in [7, 11) is 1.89. The average Bonchev–Trinajstić information content (AvgIpc) is 2.16. The molecule has 0 saturated carbocycles. The third-order valence-electron chi connectivity index (χ3n) is 2.13. The zero-order valence-electron chi connectivity index (χ0n) is 8.46. The Labute approximate surface area is 79.7 Å². The van der Waals surface area contributed by atoms with E-state index in [0.717, 1.165) is 11.4 Å². The normalized spacial score (nSPS) is 10.2. The van der Waals surface area contributed by atoms with Crippen molar-refractivity contribution in [3.05, 3.63) is 23.8 Å². The van der Waals surface area contributed by atoms with Crippen LogP contribution < -0.4 is 5.32 Å². The Balaban J connectivity index is 3.13. The summed E-state index contributed by atoms with van der Waals surface area (Å²) < 4.78 is 0. The quantitative estimate of drug-likeness (QED) is 0.703. The molecule has 0 saturated heterocycles. The summed E-state index contributed by atoms with van der Waals surface area (Å²) in [5, 5.41) is 3.08. The van der Waals surface area contributed by atoms with Crippen LogP contribution in [0.3, 0.4) is 0 Å². The van der Waals surface area contributed by atoms with Crippen molar-refractivity contribution >= 4 is 18.1 Å². The molecule has 1 aromatic carbocycles. The van der Waals surface area contributed by atoms with Crippen LogP contribution in [0.5, 0.6) is 0 Å². The molecular formula is C11H16N2. The molecule has 0 fully saturated rings. The highest BCUT2D eigenvalue weighted by Crippen LogP contribution is 2.28. The Bertz CT molecular complexity index is 303. The first-order valence-corrected chi connectivity index (χ1v) is 4.47. The second kappa shape index (κ2) is 4.08. The smallest absolute Gasteiger partial charge is 0.0856 e. The molecule has 0 bridgehead atoms. The van der Waals surface area contributed by atoms with Gasteiger partial charge in [-0.1, -0.05) is 19.9 Å². The second-order valence-electron chi connectivity index (χ2n) is 3.34. The number of nitrogens with one attached hydrogen (secondary N) is 1. The van der Waals surface area contributed by atoms with E-state index in [1.54, 1.807) is 0 Å². The van der Waals surface area contributed by atoms with Crippen molar-refractivity contribution in [2.45, 2.75) is 19.8 Å². The van der Waals surface area contributed by atoms with Crippen LogP contribution in [0.2, 0.25) is 0 Å². The molecule has 1 aromatic rings. The van der Waals surface area contributed by atoms with E-state index in [2.05, 4.69) is 43.0 Å². The van der Waals surface area contributed by atoms with Crippen LogP contribution in [0.4, 0.5) is 11.4 Å². The van der Waals surface area contributed by atoms with Crippen LogP contribution >= 0.6 is 0 Å².